The van der Waals surface area contributed by atoms with Gasteiger partial charge in [-0.15, -0.1) is 0 Å². The number of rotatable bonds is 4. The molecule has 0 saturated carbocycles. The Kier molecular flexibility index (Phi) is 4.30. The van der Waals surface area contributed by atoms with Crippen molar-refractivity contribution in [2.75, 3.05) is 6.54 Å². The van der Waals surface area contributed by atoms with Gasteiger partial charge < -0.3 is 10.4 Å². The second-order valence-electron chi connectivity index (χ2n) is 4.26. The standard InChI is InChI=1S/C15H13F2NO2/c16-13-4-2-1-3-10(13)7-8-18-15(20)12-6-5-11(19)9-14(12)17/h1-6,9,19H,7-8H2,(H,18,20). The van der Waals surface area contributed by atoms with E-state index in [1.54, 1.807) is 18.2 Å². The molecule has 1 amide bonds. The van der Waals surface area contributed by atoms with E-state index in [0.717, 1.165) is 6.07 Å². The van der Waals surface area contributed by atoms with Gasteiger partial charge in [0.2, 0.25) is 0 Å². The van der Waals surface area contributed by atoms with Gasteiger partial charge in [-0.25, -0.2) is 8.78 Å². The fourth-order valence-electron chi connectivity index (χ4n) is 1.80. The van der Waals surface area contributed by atoms with Gasteiger partial charge in [-0.1, -0.05) is 18.2 Å². The first-order valence-electron chi connectivity index (χ1n) is 6.08. The molecule has 0 aliphatic carbocycles. The predicted molar refractivity (Wildman–Crippen MR) is 70.5 cm³/mol. The van der Waals surface area contributed by atoms with Gasteiger partial charge in [-0.05, 0) is 30.2 Å². The first-order chi connectivity index (χ1) is 9.58. The van der Waals surface area contributed by atoms with Gasteiger partial charge in [0, 0.05) is 12.6 Å². The molecular formula is C15H13F2NO2. The van der Waals surface area contributed by atoms with Crippen LogP contribution >= 0.6 is 0 Å². The SMILES string of the molecule is O=C(NCCc1ccccc1F)c1ccc(O)cc1F. The summed E-state index contributed by atoms with van der Waals surface area (Å²) in [6.45, 7) is 0.195. The third-order valence-corrected chi connectivity index (χ3v) is 2.84. The van der Waals surface area contributed by atoms with Crippen molar-refractivity contribution in [3.05, 3.63) is 65.2 Å². The molecule has 2 aromatic carbocycles. The average Bonchev–Trinajstić information content (AvgIpc) is 2.40. The Morgan fingerprint density at radius 1 is 1.10 bits per heavy atom. The molecule has 2 aromatic rings. The van der Waals surface area contributed by atoms with Gasteiger partial charge in [0.1, 0.15) is 17.4 Å². The Morgan fingerprint density at radius 3 is 2.55 bits per heavy atom. The number of halogens is 2. The number of aromatic hydroxyl groups is 1. The molecule has 5 heteroatoms. The Hall–Kier alpha value is -2.43. The number of nitrogens with one attached hydrogen (secondary N) is 1. The molecule has 0 unspecified atom stereocenters. The molecule has 0 saturated heterocycles. The Balaban J connectivity index is 1.94. The molecular weight excluding hydrogens is 264 g/mol. The van der Waals surface area contributed by atoms with Crippen molar-refractivity contribution >= 4 is 5.91 Å². The average molecular weight is 277 g/mol. The quantitative estimate of drug-likeness (QED) is 0.902. The molecule has 0 aliphatic rings. The summed E-state index contributed by atoms with van der Waals surface area (Å²) in [7, 11) is 0. The van der Waals surface area contributed by atoms with Crippen LogP contribution in [0, 0.1) is 11.6 Å². The minimum Gasteiger partial charge on any atom is -0.508 e. The molecule has 2 rings (SSSR count). The van der Waals surface area contributed by atoms with Crippen molar-refractivity contribution in [2.45, 2.75) is 6.42 Å². The number of carbonyl (C=O) groups is 1. The fourth-order valence-corrected chi connectivity index (χ4v) is 1.80. The number of hydrogen-bond donors (Lipinski definition) is 2. The van der Waals surface area contributed by atoms with Crippen molar-refractivity contribution in [2.24, 2.45) is 0 Å². The topological polar surface area (TPSA) is 49.3 Å². The van der Waals surface area contributed by atoms with E-state index in [-0.39, 0.29) is 23.7 Å². The highest BCUT2D eigenvalue weighted by Gasteiger charge is 2.11. The third kappa shape index (κ3) is 3.32. The minimum atomic E-state index is -0.798. The van der Waals surface area contributed by atoms with E-state index >= 15 is 0 Å². The lowest BCUT2D eigenvalue weighted by molar-refractivity contribution is 0.0950. The predicted octanol–water partition coefficient (Wildman–Crippen LogP) is 2.64. The van der Waals surface area contributed by atoms with Crippen molar-refractivity contribution in [1.29, 1.82) is 0 Å². The number of amides is 1. The summed E-state index contributed by atoms with van der Waals surface area (Å²) < 4.78 is 26.8. The Bertz CT molecular complexity index is 629. The highest BCUT2D eigenvalue weighted by molar-refractivity contribution is 5.94. The molecule has 0 bridgehead atoms. The van der Waals surface area contributed by atoms with E-state index in [2.05, 4.69) is 5.32 Å². The summed E-state index contributed by atoms with van der Waals surface area (Å²) >= 11 is 0. The van der Waals surface area contributed by atoms with E-state index in [9.17, 15) is 13.6 Å². The van der Waals surface area contributed by atoms with Crippen LogP contribution < -0.4 is 5.32 Å². The maximum atomic E-state index is 13.4. The zero-order chi connectivity index (χ0) is 14.5. The summed E-state index contributed by atoms with van der Waals surface area (Å²) in [4.78, 5) is 11.7. The van der Waals surface area contributed by atoms with Gasteiger partial charge in [-0.3, -0.25) is 4.79 Å². The van der Waals surface area contributed by atoms with Crippen molar-refractivity contribution in [3.8, 4) is 5.75 Å². The van der Waals surface area contributed by atoms with Crippen molar-refractivity contribution < 1.29 is 18.7 Å². The zero-order valence-corrected chi connectivity index (χ0v) is 10.6. The molecule has 0 spiro atoms. The maximum Gasteiger partial charge on any atom is 0.254 e. The summed E-state index contributed by atoms with van der Waals surface area (Å²) in [5, 5.41) is 11.6. The van der Waals surface area contributed by atoms with Crippen LogP contribution in [0.1, 0.15) is 15.9 Å². The lowest BCUT2D eigenvalue weighted by Gasteiger charge is -2.07. The number of phenols is 1. The second-order valence-corrected chi connectivity index (χ2v) is 4.26. The number of carbonyl (C=O) groups excluding carboxylic acids is 1. The molecule has 2 N–H and O–H groups in total. The van der Waals surface area contributed by atoms with E-state index in [1.807, 2.05) is 0 Å². The van der Waals surface area contributed by atoms with Gasteiger partial charge in [-0.2, -0.15) is 0 Å². The van der Waals surface area contributed by atoms with Gasteiger partial charge in [0.15, 0.2) is 0 Å². The second kappa shape index (κ2) is 6.14. The summed E-state index contributed by atoms with van der Waals surface area (Å²) in [5.74, 6) is -1.98. The van der Waals surface area contributed by atoms with Crippen LogP contribution in [0.2, 0.25) is 0 Å². The van der Waals surface area contributed by atoms with Crippen LogP contribution in [0.4, 0.5) is 8.78 Å². The molecule has 0 aliphatic heterocycles. The molecule has 20 heavy (non-hydrogen) atoms. The first-order valence-corrected chi connectivity index (χ1v) is 6.08. The van der Waals surface area contributed by atoms with E-state index in [1.165, 1.54) is 18.2 Å². The number of benzene rings is 2. The smallest absolute Gasteiger partial charge is 0.254 e. The van der Waals surface area contributed by atoms with Gasteiger partial charge >= 0.3 is 0 Å². The van der Waals surface area contributed by atoms with E-state index in [4.69, 9.17) is 5.11 Å². The molecule has 0 atom stereocenters. The highest BCUT2D eigenvalue weighted by atomic mass is 19.1. The van der Waals surface area contributed by atoms with Gasteiger partial charge in [0.05, 0.1) is 5.56 Å². The Labute approximate surface area is 114 Å². The number of hydrogen-bond acceptors (Lipinski definition) is 2. The van der Waals surface area contributed by atoms with Crippen LogP contribution in [0.25, 0.3) is 0 Å². The summed E-state index contributed by atoms with van der Waals surface area (Å²) in [6.07, 6.45) is 0.318. The largest absolute Gasteiger partial charge is 0.508 e. The van der Waals surface area contributed by atoms with Crippen LogP contribution in [0.3, 0.4) is 0 Å². The third-order valence-electron chi connectivity index (χ3n) is 2.84. The zero-order valence-electron chi connectivity index (χ0n) is 10.6. The van der Waals surface area contributed by atoms with Crippen LogP contribution in [-0.4, -0.2) is 17.6 Å². The van der Waals surface area contributed by atoms with Gasteiger partial charge in [0.25, 0.3) is 5.91 Å². The monoisotopic (exact) mass is 277 g/mol. The van der Waals surface area contributed by atoms with E-state index in [0.29, 0.717) is 12.0 Å². The lowest BCUT2D eigenvalue weighted by atomic mass is 10.1. The van der Waals surface area contributed by atoms with Crippen molar-refractivity contribution in [3.63, 3.8) is 0 Å². The molecule has 3 nitrogen and oxygen atoms in total. The summed E-state index contributed by atoms with van der Waals surface area (Å²) in [6, 6.07) is 9.56. The van der Waals surface area contributed by atoms with Crippen molar-refractivity contribution in [1.82, 2.24) is 5.32 Å². The first kappa shape index (κ1) is 14.0. The fraction of sp³-hybridized carbons (Fsp3) is 0.133. The minimum absolute atomic E-state index is 0.156. The normalized spacial score (nSPS) is 10.3. The number of phenolic OH excluding ortho intramolecular Hbond substituents is 1. The Morgan fingerprint density at radius 2 is 1.85 bits per heavy atom. The van der Waals surface area contributed by atoms with E-state index < -0.39 is 11.7 Å². The molecule has 0 heterocycles. The van der Waals surface area contributed by atoms with Crippen LogP contribution in [-0.2, 0) is 6.42 Å². The maximum absolute atomic E-state index is 13.4. The molecule has 0 radical (unpaired) electrons. The highest BCUT2D eigenvalue weighted by Crippen LogP contribution is 2.14. The lowest BCUT2D eigenvalue weighted by Crippen LogP contribution is -2.26. The molecule has 0 fully saturated rings. The van der Waals surface area contributed by atoms with Crippen LogP contribution in [0.15, 0.2) is 42.5 Å². The van der Waals surface area contributed by atoms with Crippen LogP contribution in [0.5, 0.6) is 5.75 Å². The molecule has 104 valence electrons. The summed E-state index contributed by atoms with van der Waals surface area (Å²) in [5.41, 5.74) is 0.329. The molecule has 0 aromatic heterocycles.